The average Bonchev–Trinajstić information content (AvgIpc) is 2.64. The molecule has 0 spiro atoms. The van der Waals surface area contributed by atoms with E-state index in [1.807, 2.05) is 0 Å². The number of nitrogens with zero attached hydrogens (tertiary/aromatic N) is 1. The van der Waals surface area contributed by atoms with Gasteiger partial charge < -0.3 is 15.0 Å². The van der Waals surface area contributed by atoms with Crippen molar-refractivity contribution < 1.29 is 17.5 Å². The molecule has 2 N–H and O–H groups in total. The minimum Gasteiger partial charge on any atom is -0.495 e. The second-order valence-electron chi connectivity index (χ2n) is 6.70. The lowest BCUT2D eigenvalue weighted by Crippen LogP contribution is -2.36. The van der Waals surface area contributed by atoms with Crippen molar-refractivity contribution in [2.45, 2.75) is 23.8 Å². The monoisotopic (exact) mass is 393 g/mol. The van der Waals surface area contributed by atoms with Crippen LogP contribution in [0.25, 0.3) is 0 Å². The van der Waals surface area contributed by atoms with Crippen molar-refractivity contribution in [1.82, 2.24) is 4.90 Å². The fraction of sp³-hybridized carbons (Fsp3) is 0.368. The number of halogens is 1. The Bertz CT molecular complexity index is 880. The lowest BCUT2D eigenvalue weighted by Gasteiger charge is -2.30. The minimum absolute atomic E-state index is 0.00421. The highest BCUT2D eigenvalue weighted by atomic mass is 32.2. The Morgan fingerprint density at radius 3 is 2.41 bits per heavy atom. The van der Waals surface area contributed by atoms with Gasteiger partial charge in [0.1, 0.15) is 11.6 Å². The van der Waals surface area contributed by atoms with Crippen LogP contribution in [0.1, 0.15) is 12.8 Å². The Labute approximate surface area is 159 Å². The van der Waals surface area contributed by atoms with E-state index in [4.69, 9.17) is 4.74 Å². The Morgan fingerprint density at radius 1 is 1.11 bits per heavy atom. The number of piperidine rings is 1. The summed E-state index contributed by atoms with van der Waals surface area (Å²) >= 11 is 0. The summed E-state index contributed by atoms with van der Waals surface area (Å²) in [6.45, 7) is 2.02. The second kappa shape index (κ2) is 8.14. The van der Waals surface area contributed by atoms with Gasteiger partial charge in [0.2, 0.25) is 0 Å². The molecule has 1 aliphatic rings. The third-order valence-corrected chi connectivity index (χ3v) is 6.05. The summed E-state index contributed by atoms with van der Waals surface area (Å²) in [6, 6.07) is 10.1. The van der Waals surface area contributed by atoms with E-state index < -0.39 is 15.8 Å². The fourth-order valence-corrected chi connectivity index (χ4v) is 4.13. The summed E-state index contributed by atoms with van der Waals surface area (Å²) in [4.78, 5) is 2.28. The van der Waals surface area contributed by atoms with Crippen LogP contribution in [0.2, 0.25) is 0 Å². The molecule has 146 valence electrons. The zero-order chi connectivity index (χ0) is 19.4. The Hall–Kier alpha value is -2.32. The van der Waals surface area contributed by atoms with E-state index in [-0.39, 0.29) is 4.90 Å². The molecule has 0 atom stereocenters. The van der Waals surface area contributed by atoms with Crippen molar-refractivity contribution in [3.63, 3.8) is 0 Å². The molecule has 0 bridgehead atoms. The van der Waals surface area contributed by atoms with E-state index in [0.29, 0.717) is 17.5 Å². The van der Waals surface area contributed by atoms with Crippen LogP contribution in [0.3, 0.4) is 0 Å². The zero-order valence-corrected chi connectivity index (χ0v) is 16.2. The molecule has 0 unspecified atom stereocenters. The summed E-state index contributed by atoms with van der Waals surface area (Å²) in [5.41, 5.74) is 1.15. The first-order valence-corrected chi connectivity index (χ1v) is 10.3. The number of methoxy groups -OCH3 is 1. The molecule has 27 heavy (non-hydrogen) atoms. The van der Waals surface area contributed by atoms with Crippen LogP contribution in [0.15, 0.2) is 47.4 Å². The lowest BCUT2D eigenvalue weighted by atomic mass is 10.0. The van der Waals surface area contributed by atoms with Crippen LogP contribution in [0, 0.1) is 5.82 Å². The second-order valence-corrected chi connectivity index (χ2v) is 8.38. The molecule has 0 amide bonds. The van der Waals surface area contributed by atoms with Gasteiger partial charge in [0.05, 0.1) is 23.4 Å². The Balaban J connectivity index is 1.79. The molecular weight excluding hydrogens is 369 g/mol. The maximum Gasteiger partial charge on any atom is 0.261 e. The summed E-state index contributed by atoms with van der Waals surface area (Å²) in [6.07, 6.45) is 2.01. The fourth-order valence-electron chi connectivity index (χ4n) is 3.08. The first-order chi connectivity index (χ1) is 12.9. The minimum atomic E-state index is -3.80. The number of benzene rings is 2. The average molecular weight is 393 g/mol. The van der Waals surface area contributed by atoms with E-state index in [1.165, 1.54) is 12.1 Å². The third-order valence-electron chi connectivity index (χ3n) is 4.65. The number of hydrogen-bond donors (Lipinski definition) is 2. The van der Waals surface area contributed by atoms with E-state index in [0.717, 1.165) is 43.8 Å². The van der Waals surface area contributed by atoms with Crippen molar-refractivity contribution in [3.8, 4) is 5.75 Å². The molecule has 0 aliphatic carbocycles. The first-order valence-electron chi connectivity index (χ1n) is 8.79. The first kappa shape index (κ1) is 19.4. The van der Waals surface area contributed by atoms with E-state index in [1.54, 1.807) is 25.3 Å². The van der Waals surface area contributed by atoms with Crippen LogP contribution in [-0.2, 0) is 10.0 Å². The molecule has 0 radical (unpaired) electrons. The molecule has 0 aromatic heterocycles. The Morgan fingerprint density at radius 2 is 1.78 bits per heavy atom. The van der Waals surface area contributed by atoms with Gasteiger partial charge in [0, 0.05) is 6.04 Å². The van der Waals surface area contributed by atoms with Gasteiger partial charge in [-0.1, -0.05) is 0 Å². The largest absolute Gasteiger partial charge is 0.495 e. The van der Waals surface area contributed by atoms with Gasteiger partial charge in [-0.3, -0.25) is 4.72 Å². The van der Waals surface area contributed by atoms with Crippen molar-refractivity contribution in [1.29, 1.82) is 0 Å². The van der Waals surface area contributed by atoms with E-state index >= 15 is 0 Å². The molecule has 1 fully saturated rings. The molecular formula is C19H24FN3O3S. The molecule has 2 aromatic rings. The highest BCUT2D eigenvalue weighted by Gasteiger charge is 2.19. The van der Waals surface area contributed by atoms with E-state index in [9.17, 15) is 12.8 Å². The van der Waals surface area contributed by atoms with Gasteiger partial charge in [0.15, 0.2) is 0 Å². The molecule has 1 heterocycles. The van der Waals surface area contributed by atoms with Gasteiger partial charge in [0.25, 0.3) is 10.0 Å². The Kier molecular flexibility index (Phi) is 5.86. The maximum atomic E-state index is 13.0. The van der Waals surface area contributed by atoms with Crippen LogP contribution in [0.5, 0.6) is 5.75 Å². The van der Waals surface area contributed by atoms with Gasteiger partial charge in [-0.15, -0.1) is 0 Å². The topological polar surface area (TPSA) is 70.7 Å². The number of hydrogen-bond acceptors (Lipinski definition) is 5. The van der Waals surface area contributed by atoms with Crippen LogP contribution >= 0.6 is 0 Å². The summed E-state index contributed by atoms with van der Waals surface area (Å²) < 4.78 is 46.0. The molecule has 6 nitrogen and oxygen atoms in total. The van der Waals surface area contributed by atoms with Crippen LogP contribution in [-0.4, -0.2) is 46.6 Å². The van der Waals surface area contributed by atoms with Crippen molar-refractivity contribution >= 4 is 21.4 Å². The lowest BCUT2D eigenvalue weighted by molar-refractivity contribution is 0.263. The van der Waals surface area contributed by atoms with Crippen molar-refractivity contribution in [3.05, 3.63) is 48.3 Å². The summed E-state index contributed by atoms with van der Waals surface area (Å²) in [5.74, 6) is 0.168. The molecule has 3 rings (SSSR count). The number of sulfonamides is 1. The molecule has 1 aliphatic heterocycles. The SMILES string of the molecule is COc1ccc(NS(=O)(=O)c2ccc(F)cc2)cc1NC1CCN(C)CC1. The number of anilines is 2. The predicted octanol–water partition coefficient (Wildman–Crippen LogP) is 3.14. The van der Waals surface area contributed by atoms with Gasteiger partial charge in [-0.2, -0.15) is 0 Å². The molecule has 8 heteroatoms. The van der Waals surface area contributed by atoms with Gasteiger partial charge >= 0.3 is 0 Å². The van der Waals surface area contributed by atoms with Crippen LogP contribution in [0.4, 0.5) is 15.8 Å². The highest BCUT2D eigenvalue weighted by Crippen LogP contribution is 2.30. The highest BCUT2D eigenvalue weighted by molar-refractivity contribution is 7.92. The molecule has 1 saturated heterocycles. The standard InChI is InChI=1S/C19H24FN3O3S/c1-23-11-9-15(10-12-23)21-18-13-16(5-8-19(18)26-2)22-27(24,25)17-6-3-14(20)4-7-17/h3-8,13,15,21-22H,9-12H2,1-2H3. The predicted molar refractivity (Wildman–Crippen MR) is 104 cm³/mol. The maximum absolute atomic E-state index is 13.0. The number of likely N-dealkylation sites (tertiary alicyclic amines) is 1. The smallest absolute Gasteiger partial charge is 0.261 e. The van der Waals surface area contributed by atoms with Crippen LogP contribution < -0.4 is 14.8 Å². The molecule has 0 saturated carbocycles. The summed E-state index contributed by atoms with van der Waals surface area (Å²) in [7, 11) is -0.119. The van der Waals surface area contributed by atoms with E-state index in [2.05, 4.69) is 22.0 Å². The number of ether oxygens (including phenoxy) is 1. The summed E-state index contributed by atoms with van der Waals surface area (Å²) in [5, 5.41) is 3.46. The number of nitrogens with one attached hydrogen (secondary N) is 2. The zero-order valence-electron chi connectivity index (χ0n) is 15.4. The normalized spacial score (nSPS) is 16.1. The van der Waals surface area contributed by atoms with Gasteiger partial charge in [-0.25, -0.2) is 12.8 Å². The van der Waals surface area contributed by atoms with Gasteiger partial charge in [-0.05, 0) is 75.4 Å². The number of rotatable bonds is 6. The molecule has 2 aromatic carbocycles. The quantitative estimate of drug-likeness (QED) is 0.789. The van der Waals surface area contributed by atoms with Crippen molar-refractivity contribution in [2.24, 2.45) is 0 Å². The third kappa shape index (κ3) is 4.90. The van der Waals surface area contributed by atoms with Crippen molar-refractivity contribution in [2.75, 3.05) is 37.3 Å².